The highest BCUT2D eigenvalue weighted by Gasteiger charge is 2.10. The number of nitrogens with zero attached hydrogens (tertiary/aromatic N) is 2. The van der Waals surface area contributed by atoms with Crippen LogP contribution in [0.1, 0.15) is 33.6 Å². The summed E-state index contributed by atoms with van der Waals surface area (Å²) in [6, 6.07) is 0.729. The van der Waals surface area contributed by atoms with Crippen LogP contribution in [0.15, 0.2) is 0 Å². The monoisotopic (exact) mass is 186 g/mol. The zero-order chi connectivity index (χ0) is 10.3. The van der Waals surface area contributed by atoms with Gasteiger partial charge in [-0.05, 0) is 53.5 Å². The lowest BCUT2D eigenvalue weighted by Gasteiger charge is -2.28. The van der Waals surface area contributed by atoms with Crippen LogP contribution in [0.4, 0.5) is 0 Å². The maximum absolute atomic E-state index is 2.56. The van der Waals surface area contributed by atoms with Crippen LogP contribution in [-0.2, 0) is 0 Å². The van der Waals surface area contributed by atoms with Crippen molar-refractivity contribution in [1.82, 2.24) is 9.80 Å². The molecule has 13 heavy (non-hydrogen) atoms. The van der Waals surface area contributed by atoms with Gasteiger partial charge in [-0.1, -0.05) is 13.8 Å². The summed E-state index contributed by atoms with van der Waals surface area (Å²) >= 11 is 0. The molecular weight excluding hydrogens is 160 g/mol. The molecule has 0 N–H and O–H groups in total. The molecule has 0 aromatic carbocycles. The summed E-state index contributed by atoms with van der Waals surface area (Å²) in [5.74, 6) is 0. The molecule has 0 radical (unpaired) electrons. The van der Waals surface area contributed by atoms with Crippen LogP contribution in [-0.4, -0.2) is 49.6 Å². The van der Waals surface area contributed by atoms with Gasteiger partial charge in [0.1, 0.15) is 0 Å². The Morgan fingerprint density at radius 3 is 2.08 bits per heavy atom. The highest BCUT2D eigenvalue weighted by atomic mass is 15.1. The van der Waals surface area contributed by atoms with E-state index >= 15 is 0 Å². The molecule has 0 fully saturated rings. The third-order valence-electron chi connectivity index (χ3n) is 2.53. The van der Waals surface area contributed by atoms with Crippen molar-refractivity contribution in [3.8, 4) is 0 Å². The quantitative estimate of drug-likeness (QED) is 0.600. The van der Waals surface area contributed by atoms with Gasteiger partial charge < -0.3 is 9.80 Å². The SMILES string of the molecule is CCCN(CC)C(C)CCN(C)C. The first-order chi connectivity index (χ1) is 6.11. The van der Waals surface area contributed by atoms with Crippen LogP contribution in [0.25, 0.3) is 0 Å². The first-order valence-electron chi connectivity index (χ1n) is 5.50. The van der Waals surface area contributed by atoms with Crippen molar-refractivity contribution in [3.63, 3.8) is 0 Å². The Hall–Kier alpha value is -0.0800. The van der Waals surface area contributed by atoms with E-state index in [2.05, 4.69) is 44.7 Å². The average Bonchev–Trinajstić information content (AvgIpc) is 2.10. The van der Waals surface area contributed by atoms with Gasteiger partial charge in [0.2, 0.25) is 0 Å². The first-order valence-corrected chi connectivity index (χ1v) is 5.50. The van der Waals surface area contributed by atoms with E-state index in [1.807, 2.05) is 0 Å². The van der Waals surface area contributed by atoms with Crippen LogP contribution in [0, 0.1) is 0 Å². The third kappa shape index (κ3) is 6.05. The molecule has 0 aromatic rings. The van der Waals surface area contributed by atoms with Gasteiger partial charge in [-0.2, -0.15) is 0 Å². The summed E-state index contributed by atoms with van der Waals surface area (Å²) in [6.45, 7) is 10.5. The van der Waals surface area contributed by atoms with Crippen molar-refractivity contribution >= 4 is 0 Å². The van der Waals surface area contributed by atoms with Gasteiger partial charge in [-0.3, -0.25) is 0 Å². The largest absolute Gasteiger partial charge is 0.309 e. The Kier molecular flexibility index (Phi) is 7.29. The molecule has 0 aliphatic heterocycles. The molecule has 2 nitrogen and oxygen atoms in total. The van der Waals surface area contributed by atoms with Crippen molar-refractivity contribution in [2.75, 3.05) is 33.7 Å². The van der Waals surface area contributed by atoms with Crippen LogP contribution in [0.2, 0.25) is 0 Å². The molecule has 0 heterocycles. The third-order valence-corrected chi connectivity index (χ3v) is 2.53. The zero-order valence-corrected chi connectivity index (χ0v) is 10.0. The molecule has 0 bridgehead atoms. The number of rotatable bonds is 7. The van der Waals surface area contributed by atoms with E-state index in [-0.39, 0.29) is 0 Å². The lowest BCUT2D eigenvalue weighted by atomic mass is 10.2. The van der Waals surface area contributed by atoms with E-state index in [1.54, 1.807) is 0 Å². The molecule has 0 amide bonds. The predicted octanol–water partition coefficient (Wildman–Crippen LogP) is 2.06. The Morgan fingerprint density at radius 1 is 1.08 bits per heavy atom. The smallest absolute Gasteiger partial charge is 0.00789 e. The molecule has 0 saturated heterocycles. The summed E-state index contributed by atoms with van der Waals surface area (Å²) in [5, 5.41) is 0. The Morgan fingerprint density at radius 2 is 1.69 bits per heavy atom. The van der Waals surface area contributed by atoms with Gasteiger partial charge in [0.05, 0.1) is 0 Å². The molecule has 0 rings (SSSR count). The number of hydrogen-bond donors (Lipinski definition) is 0. The minimum absolute atomic E-state index is 0.729. The fourth-order valence-corrected chi connectivity index (χ4v) is 1.60. The van der Waals surface area contributed by atoms with E-state index in [4.69, 9.17) is 0 Å². The minimum atomic E-state index is 0.729. The molecule has 0 aliphatic carbocycles. The van der Waals surface area contributed by atoms with Crippen LogP contribution in [0.3, 0.4) is 0 Å². The van der Waals surface area contributed by atoms with E-state index in [1.165, 1.54) is 32.5 Å². The zero-order valence-electron chi connectivity index (χ0n) is 10.0. The summed E-state index contributed by atoms with van der Waals surface area (Å²) in [4.78, 5) is 4.82. The number of hydrogen-bond acceptors (Lipinski definition) is 2. The van der Waals surface area contributed by atoms with Gasteiger partial charge in [-0.15, -0.1) is 0 Å². The second-order valence-electron chi connectivity index (χ2n) is 4.07. The van der Waals surface area contributed by atoms with Crippen LogP contribution < -0.4 is 0 Å². The van der Waals surface area contributed by atoms with Crippen molar-refractivity contribution in [2.45, 2.75) is 39.7 Å². The van der Waals surface area contributed by atoms with Crippen molar-refractivity contribution < 1.29 is 0 Å². The Labute approximate surface area is 83.9 Å². The van der Waals surface area contributed by atoms with Gasteiger partial charge >= 0.3 is 0 Å². The highest BCUT2D eigenvalue weighted by molar-refractivity contribution is 4.66. The summed E-state index contributed by atoms with van der Waals surface area (Å²) < 4.78 is 0. The maximum Gasteiger partial charge on any atom is 0.00789 e. The summed E-state index contributed by atoms with van der Waals surface area (Å²) in [6.07, 6.45) is 2.54. The Balaban J connectivity index is 3.69. The molecule has 0 aliphatic rings. The molecule has 0 saturated carbocycles. The lowest BCUT2D eigenvalue weighted by Crippen LogP contribution is -2.35. The molecule has 0 spiro atoms. The normalized spacial score (nSPS) is 14.1. The fourth-order valence-electron chi connectivity index (χ4n) is 1.60. The van der Waals surface area contributed by atoms with Gasteiger partial charge in [0.25, 0.3) is 0 Å². The lowest BCUT2D eigenvalue weighted by molar-refractivity contribution is 0.197. The van der Waals surface area contributed by atoms with E-state index in [0.717, 1.165) is 6.04 Å². The van der Waals surface area contributed by atoms with Crippen LogP contribution in [0.5, 0.6) is 0 Å². The first kappa shape index (κ1) is 12.9. The Bertz CT molecular complexity index is 113. The second kappa shape index (κ2) is 7.34. The van der Waals surface area contributed by atoms with E-state index in [0.29, 0.717) is 0 Å². The van der Waals surface area contributed by atoms with Gasteiger partial charge in [0.15, 0.2) is 0 Å². The fraction of sp³-hybridized carbons (Fsp3) is 1.00. The molecule has 1 unspecified atom stereocenters. The molecule has 80 valence electrons. The van der Waals surface area contributed by atoms with Crippen molar-refractivity contribution in [3.05, 3.63) is 0 Å². The molecule has 0 aromatic heterocycles. The van der Waals surface area contributed by atoms with Crippen molar-refractivity contribution in [1.29, 1.82) is 0 Å². The molecule has 2 heteroatoms. The van der Waals surface area contributed by atoms with Crippen LogP contribution >= 0.6 is 0 Å². The predicted molar refractivity (Wildman–Crippen MR) is 60.2 cm³/mol. The highest BCUT2D eigenvalue weighted by Crippen LogP contribution is 2.04. The molecule has 1 atom stereocenters. The standard InChI is InChI=1S/C11H26N2/c1-6-9-13(7-2)11(3)8-10-12(4)5/h11H,6-10H2,1-5H3. The molecular formula is C11H26N2. The van der Waals surface area contributed by atoms with Gasteiger partial charge in [-0.25, -0.2) is 0 Å². The van der Waals surface area contributed by atoms with E-state index in [9.17, 15) is 0 Å². The summed E-state index contributed by atoms with van der Waals surface area (Å²) in [7, 11) is 4.28. The van der Waals surface area contributed by atoms with Gasteiger partial charge in [0, 0.05) is 6.04 Å². The van der Waals surface area contributed by atoms with Crippen molar-refractivity contribution in [2.24, 2.45) is 0 Å². The van der Waals surface area contributed by atoms with E-state index < -0.39 is 0 Å². The average molecular weight is 186 g/mol. The second-order valence-corrected chi connectivity index (χ2v) is 4.07. The topological polar surface area (TPSA) is 6.48 Å². The minimum Gasteiger partial charge on any atom is -0.309 e. The summed E-state index contributed by atoms with van der Waals surface area (Å²) in [5.41, 5.74) is 0. The maximum atomic E-state index is 2.56.